The van der Waals surface area contributed by atoms with Gasteiger partial charge in [0.1, 0.15) is 5.75 Å². The van der Waals surface area contributed by atoms with Crippen LogP contribution >= 0.6 is 0 Å². The van der Waals surface area contributed by atoms with Gasteiger partial charge in [-0.05, 0) is 37.6 Å². The van der Waals surface area contributed by atoms with Crippen molar-refractivity contribution in [2.75, 3.05) is 6.61 Å². The molecule has 0 aromatic heterocycles. The summed E-state index contributed by atoms with van der Waals surface area (Å²) in [5, 5.41) is 8.39. The first-order chi connectivity index (χ1) is 11.5. The monoisotopic (exact) mass is 327 g/mol. The van der Waals surface area contributed by atoms with E-state index in [4.69, 9.17) is 4.74 Å². The number of hydrazone groups is 1. The van der Waals surface area contributed by atoms with Crippen LogP contribution < -0.4 is 15.5 Å². The lowest BCUT2D eigenvalue weighted by atomic mass is 10.0. The van der Waals surface area contributed by atoms with Crippen molar-refractivity contribution in [2.24, 2.45) is 5.10 Å². The molecule has 6 heteroatoms. The smallest absolute Gasteiger partial charge is 0.329 e. The summed E-state index contributed by atoms with van der Waals surface area (Å²) in [6.45, 7) is 5.97. The number of hydrogen-bond acceptors (Lipinski definition) is 4. The van der Waals surface area contributed by atoms with Gasteiger partial charge in [-0.3, -0.25) is 9.59 Å². The number of carbonyl (C=O) groups excluding carboxylic acids is 2. The number of nitrogens with zero attached hydrogens (tertiary/aromatic N) is 1. The van der Waals surface area contributed by atoms with Gasteiger partial charge in [-0.15, -0.1) is 0 Å². The van der Waals surface area contributed by atoms with Crippen LogP contribution in [0, 0.1) is 0 Å². The molecule has 0 radical (unpaired) electrons. The molecule has 0 saturated heterocycles. The second-order valence-corrected chi connectivity index (χ2v) is 5.46. The number of fused-ring (bicyclic) bond motifs is 1. The summed E-state index contributed by atoms with van der Waals surface area (Å²) in [6, 6.07) is 11.5. The van der Waals surface area contributed by atoms with E-state index in [2.05, 4.69) is 15.8 Å². The zero-order chi connectivity index (χ0) is 17.5. The number of hydrogen-bond donors (Lipinski definition) is 2. The fraction of sp³-hybridized carbons (Fsp3) is 0.278. The van der Waals surface area contributed by atoms with Crippen LogP contribution in [0.15, 0.2) is 41.5 Å². The van der Waals surface area contributed by atoms with Gasteiger partial charge in [-0.1, -0.05) is 30.3 Å². The Labute approximate surface area is 140 Å². The van der Waals surface area contributed by atoms with Gasteiger partial charge in [0.2, 0.25) is 0 Å². The number of nitrogens with one attached hydrogen (secondary N) is 2. The Morgan fingerprint density at radius 1 is 1.17 bits per heavy atom. The van der Waals surface area contributed by atoms with Crippen molar-refractivity contribution in [2.45, 2.75) is 26.8 Å². The second kappa shape index (κ2) is 8.10. The van der Waals surface area contributed by atoms with Crippen LogP contribution in [0.25, 0.3) is 10.8 Å². The summed E-state index contributed by atoms with van der Waals surface area (Å²) >= 11 is 0. The predicted molar refractivity (Wildman–Crippen MR) is 94.1 cm³/mol. The third-order valence-corrected chi connectivity index (χ3v) is 3.22. The Morgan fingerprint density at radius 3 is 2.62 bits per heavy atom. The summed E-state index contributed by atoms with van der Waals surface area (Å²) < 4.78 is 5.62. The molecule has 0 aliphatic rings. The SMILES string of the molecule is CCOc1ccc2ccccc2c1/C=N\NC(=O)C(=O)NC(C)C. The average molecular weight is 327 g/mol. The minimum absolute atomic E-state index is 0.116. The van der Waals surface area contributed by atoms with E-state index in [1.54, 1.807) is 13.8 Å². The van der Waals surface area contributed by atoms with E-state index in [0.29, 0.717) is 12.4 Å². The van der Waals surface area contributed by atoms with Gasteiger partial charge in [-0.2, -0.15) is 5.10 Å². The number of carbonyl (C=O) groups is 2. The molecule has 0 atom stereocenters. The first kappa shape index (κ1) is 17.5. The summed E-state index contributed by atoms with van der Waals surface area (Å²) in [5.74, 6) is -0.857. The van der Waals surface area contributed by atoms with Gasteiger partial charge in [0.25, 0.3) is 0 Å². The van der Waals surface area contributed by atoms with Crippen LogP contribution in [-0.2, 0) is 9.59 Å². The molecule has 2 N–H and O–H groups in total. The van der Waals surface area contributed by atoms with Crippen molar-refractivity contribution in [1.82, 2.24) is 10.7 Å². The van der Waals surface area contributed by atoms with Crippen LogP contribution in [0.2, 0.25) is 0 Å². The molecule has 0 fully saturated rings. The molecule has 2 aromatic rings. The van der Waals surface area contributed by atoms with E-state index in [1.165, 1.54) is 6.21 Å². The Balaban J connectivity index is 2.23. The molecule has 0 spiro atoms. The van der Waals surface area contributed by atoms with E-state index in [9.17, 15) is 9.59 Å². The van der Waals surface area contributed by atoms with Crippen molar-refractivity contribution < 1.29 is 14.3 Å². The molecule has 2 rings (SSSR count). The molecule has 24 heavy (non-hydrogen) atoms. The fourth-order valence-electron chi connectivity index (χ4n) is 2.22. The molecule has 0 saturated carbocycles. The first-order valence-electron chi connectivity index (χ1n) is 7.81. The highest BCUT2D eigenvalue weighted by molar-refractivity contribution is 6.35. The third-order valence-electron chi connectivity index (χ3n) is 3.22. The van der Waals surface area contributed by atoms with Gasteiger partial charge in [0.05, 0.1) is 12.8 Å². The molecule has 0 aliphatic carbocycles. The van der Waals surface area contributed by atoms with E-state index in [1.807, 2.05) is 43.3 Å². The lowest BCUT2D eigenvalue weighted by Crippen LogP contribution is -2.41. The average Bonchev–Trinajstić information content (AvgIpc) is 2.55. The number of benzene rings is 2. The van der Waals surface area contributed by atoms with Gasteiger partial charge >= 0.3 is 11.8 Å². The number of rotatable bonds is 5. The van der Waals surface area contributed by atoms with Gasteiger partial charge < -0.3 is 10.1 Å². The number of ether oxygens (including phenoxy) is 1. The number of amides is 2. The minimum Gasteiger partial charge on any atom is -0.493 e. The highest BCUT2D eigenvalue weighted by atomic mass is 16.5. The summed E-state index contributed by atoms with van der Waals surface area (Å²) in [7, 11) is 0. The minimum atomic E-state index is -0.807. The van der Waals surface area contributed by atoms with Crippen molar-refractivity contribution in [3.8, 4) is 5.75 Å². The third kappa shape index (κ3) is 4.32. The van der Waals surface area contributed by atoms with E-state index in [-0.39, 0.29) is 6.04 Å². The lowest BCUT2D eigenvalue weighted by Gasteiger charge is -2.10. The van der Waals surface area contributed by atoms with E-state index in [0.717, 1.165) is 16.3 Å². The molecule has 126 valence electrons. The Morgan fingerprint density at radius 2 is 1.92 bits per heavy atom. The Hall–Kier alpha value is -2.89. The van der Waals surface area contributed by atoms with Gasteiger partial charge in [0.15, 0.2) is 0 Å². The van der Waals surface area contributed by atoms with Crippen LogP contribution in [-0.4, -0.2) is 30.7 Å². The maximum Gasteiger partial charge on any atom is 0.329 e. The maximum atomic E-state index is 11.7. The highest BCUT2D eigenvalue weighted by Crippen LogP contribution is 2.26. The van der Waals surface area contributed by atoms with Crippen molar-refractivity contribution in [3.63, 3.8) is 0 Å². The molecule has 6 nitrogen and oxygen atoms in total. The summed E-state index contributed by atoms with van der Waals surface area (Å²) in [6.07, 6.45) is 1.49. The fourth-order valence-corrected chi connectivity index (χ4v) is 2.22. The van der Waals surface area contributed by atoms with Crippen molar-refractivity contribution >= 4 is 28.8 Å². The van der Waals surface area contributed by atoms with Crippen molar-refractivity contribution in [1.29, 1.82) is 0 Å². The quantitative estimate of drug-likeness (QED) is 0.502. The standard InChI is InChI=1S/C18H21N3O3/c1-4-24-16-10-9-13-7-5-6-8-14(13)15(16)11-19-21-18(23)17(22)20-12(2)3/h5-12H,4H2,1-3H3,(H,20,22)(H,21,23)/b19-11-. The Kier molecular flexibility index (Phi) is 5.89. The second-order valence-electron chi connectivity index (χ2n) is 5.46. The molecular weight excluding hydrogens is 306 g/mol. The van der Waals surface area contributed by atoms with Gasteiger partial charge in [-0.25, -0.2) is 5.43 Å². The van der Waals surface area contributed by atoms with Crippen LogP contribution in [0.3, 0.4) is 0 Å². The highest BCUT2D eigenvalue weighted by Gasteiger charge is 2.13. The molecule has 0 aliphatic heterocycles. The van der Waals surface area contributed by atoms with Crippen molar-refractivity contribution in [3.05, 3.63) is 42.0 Å². The van der Waals surface area contributed by atoms with E-state index >= 15 is 0 Å². The normalized spacial score (nSPS) is 11.0. The zero-order valence-corrected chi connectivity index (χ0v) is 14.0. The summed E-state index contributed by atoms with van der Waals surface area (Å²) in [4.78, 5) is 23.2. The van der Waals surface area contributed by atoms with Crippen LogP contribution in [0.1, 0.15) is 26.3 Å². The molecule has 0 heterocycles. The van der Waals surface area contributed by atoms with E-state index < -0.39 is 11.8 Å². The molecule has 2 aromatic carbocycles. The predicted octanol–water partition coefficient (Wildman–Crippen LogP) is 2.21. The molecule has 0 bridgehead atoms. The van der Waals surface area contributed by atoms with Crippen LogP contribution in [0.4, 0.5) is 0 Å². The first-order valence-corrected chi connectivity index (χ1v) is 7.81. The molecule has 0 unspecified atom stereocenters. The van der Waals surface area contributed by atoms with Gasteiger partial charge in [0, 0.05) is 11.6 Å². The zero-order valence-electron chi connectivity index (χ0n) is 14.0. The summed E-state index contributed by atoms with van der Waals surface area (Å²) in [5.41, 5.74) is 2.98. The topological polar surface area (TPSA) is 79.8 Å². The van der Waals surface area contributed by atoms with Crippen LogP contribution in [0.5, 0.6) is 5.75 Å². The largest absolute Gasteiger partial charge is 0.493 e. The Bertz CT molecular complexity index is 769. The molecular formula is C18H21N3O3. The molecule has 2 amide bonds. The maximum absolute atomic E-state index is 11.7. The lowest BCUT2D eigenvalue weighted by molar-refractivity contribution is -0.139.